The number of amides is 1. The zero-order chi connectivity index (χ0) is 23.8. The Morgan fingerprint density at radius 2 is 1.91 bits per heavy atom. The molecule has 3 rings (SSSR count). The summed E-state index contributed by atoms with van der Waals surface area (Å²) in [5.74, 6) is -0.323. The highest BCUT2D eigenvalue weighted by Gasteiger charge is 2.31. The maximum absolute atomic E-state index is 13.5. The van der Waals surface area contributed by atoms with Gasteiger partial charge in [0.1, 0.15) is 0 Å². The molecular weight excluding hydrogens is 434 g/mol. The second-order valence-corrected chi connectivity index (χ2v) is 10.7. The summed E-state index contributed by atoms with van der Waals surface area (Å²) in [5.41, 5.74) is -0.0973. The quantitative estimate of drug-likeness (QED) is 0.681. The summed E-state index contributed by atoms with van der Waals surface area (Å²) in [6.07, 6.45) is 2.85. The number of pyridine rings is 1. The minimum atomic E-state index is -3.31. The molecule has 1 aliphatic rings. The van der Waals surface area contributed by atoms with E-state index in [9.17, 15) is 22.8 Å². The molecule has 2 aromatic heterocycles. The lowest BCUT2D eigenvalue weighted by Gasteiger charge is -2.35. The summed E-state index contributed by atoms with van der Waals surface area (Å²) in [5, 5.41) is 0.114. The number of fused-ring (bicyclic) bond motifs is 1. The highest BCUT2D eigenvalue weighted by Crippen LogP contribution is 2.24. The van der Waals surface area contributed by atoms with Crippen molar-refractivity contribution in [2.75, 3.05) is 26.4 Å². The fourth-order valence-corrected chi connectivity index (χ4v) is 4.81. The van der Waals surface area contributed by atoms with Crippen LogP contribution in [0.15, 0.2) is 15.7 Å². The highest BCUT2D eigenvalue weighted by atomic mass is 32.2. The Hall–Kier alpha value is -2.53. The molecule has 176 valence electrons. The summed E-state index contributed by atoms with van der Waals surface area (Å²) in [4.78, 5) is 47.2. The van der Waals surface area contributed by atoms with Gasteiger partial charge >= 0.3 is 5.69 Å². The van der Waals surface area contributed by atoms with Crippen molar-refractivity contribution in [1.82, 2.24) is 23.7 Å². The Balaban J connectivity index is 2.05. The molecule has 32 heavy (non-hydrogen) atoms. The maximum atomic E-state index is 13.5. The molecule has 11 heteroatoms. The molecule has 0 unspecified atom stereocenters. The van der Waals surface area contributed by atoms with Crippen LogP contribution >= 0.6 is 0 Å². The number of aromatic nitrogens is 3. The van der Waals surface area contributed by atoms with Crippen molar-refractivity contribution >= 4 is 27.0 Å². The van der Waals surface area contributed by atoms with E-state index in [1.54, 1.807) is 18.0 Å². The first-order chi connectivity index (χ1) is 15.0. The summed E-state index contributed by atoms with van der Waals surface area (Å²) in [7, 11) is -1.76. The predicted molar refractivity (Wildman–Crippen MR) is 123 cm³/mol. The molecule has 10 nitrogen and oxygen atoms in total. The number of likely N-dealkylation sites (tertiary alicyclic amines) is 1. The first-order valence-corrected chi connectivity index (χ1v) is 12.7. The molecule has 0 spiro atoms. The number of nitrogens with one attached hydrogen (secondary N) is 1. The van der Waals surface area contributed by atoms with Crippen LogP contribution in [-0.4, -0.2) is 70.5 Å². The Bertz CT molecular complexity index is 1240. The van der Waals surface area contributed by atoms with Gasteiger partial charge in [-0.05, 0) is 31.2 Å². The molecule has 0 saturated carbocycles. The average molecular weight is 466 g/mol. The zero-order valence-corrected chi connectivity index (χ0v) is 20.0. The summed E-state index contributed by atoms with van der Waals surface area (Å²) >= 11 is 0. The van der Waals surface area contributed by atoms with E-state index in [4.69, 9.17) is 0 Å². The Morgan fingerprint density at radius 1 is 1.28 bits per heavy atom. The van der Waals surface area contributed by atoms with Crippen molar-refractivity contribution in [3.05, 3.63) is 38.2 Å². The molecule has 3 heterocycles. The van der Waals surface area contributed by atoms with Crippen molar-refractivity contribution in [2.45, 2.75) is 58.5 Å². The van der Waals surface area contributed by atoms with E-state index < -0.39 is 21.3 Å². The van der Waals surface area contributed by atoms with Gasteiger partial charge in [0, 0.05) is 38.4 Å². The van der Waals surface area contributed by atoms with Gasteiger partial charge in [-0.15, -0.1) is 0 Å². The average Bonchev–Trinajstić information content (AvgIpc) is 2.74. The van der Waals surface area contributed by atoms with E-state index in [1.165, 1.54) is 15.1 Å². The van der Waals surface area contributed by atoms with Crippen molar-refractivity contribution in [3.8, 4) is 0 Å². The zero-order valence-electron chi connectivity index (χ0n) is 19.2. The monoisotopic (exact) mass is 465 g/mol. The van der Waals surface area contributed by atoms with Gasteiger partial charge in [-0.3, -0.25) is 19.1 Å². The minimum Gasteiger partial charge on any atom is -0.339 e. The summed E-state index contributed by atoms with van der Waals surface area (Å²) < 4.78 is 26.4. The Kier molecular flexibility index (Phi) is 6.89. The molecule has 1 saturated heterocycles. The van der Waals surface area contributed by atoms with Crippen LogP contribution in [0.4, 0.5) is 0 Å². The van der Waals surface area contributed by atoms with E-state index in [1.807, 2.05) is 20.8 Å². The van der Waals surface area contributed by atoms with Gasteiger partial charge in [-0.2, -0.15) is 0 Å². The third-order valence-electron chi connectivity index (χ3n) is 6.03. The van der Waals surface area contributed by atoms with E-state index in [0.29, 0.717) is 44.6 Å². The second kappa shape index (κ2) is 9.14. The molecule has 1 amide bonds. The number of sulfonamides is 1. The van der Waals surface area contributed by atoms with Crippen LogP contribution in [0, 0.1) is 0 Å². The van der Waals surface area contributed by atoms with Crippen LogP contribution in [0.2, 0.25) is 0 Å². The lowest BCUT2D eigenvalue weighted by atomic mass is 10.0. The number of H-pyrrole nitrogens is 1. The molecule has 0 bridgehead atoms. The first-order valence-electron chi connectivity index (χ1n) is 10.9. The van der Waals surface area contributed by atoms with Crippen LogP contribution < -0.4 is 11.2 Å². The van der Waals surface area contributed by atoms with Gasteiger partial charge < -0.3 is 4.90 Å². The maximum Gasteiger partial charge on any atom is 0.329 e. The number of aryl methyl sites for hydroxylation is 1. The van der Waals surface area contributed by atoms with Gasteiger partial charge in [0.05, 0.1) is 17.2 Å². The number of aromatic amines is 1. The highest BCUT2D eigenvalue weighted by molar-refractivity contribution is 7.88. The molecule has 0 atom stereocenters. The molecule has 2 aromatic rings. The minimum absolute atomic E-state index is 0.00966. The van der Waals surface area contributed by atoms with E-state index in [-0.39, 0.29) is 34.5 Å². The van der Waals surface area contributed by atoms with Crippen molar-refractivity contribution in [3.63, 3.8) is 0 Å². The van der Waals surface area contributed by atoms with E-state index >= 15 is 0 Å². The molecule has 0 aromatic carbocycles. The van der Waals surface area contributed by atoms with Crippen LogP contribution in [0.5, 0.6) is 0 Å². The number of rotatable bonds is 6. The third-order valence-corrected chi connectivity index (χ3v) is 7.37. The molecule has 1 N–H and O–H groups in total. The van der Waals surface area contributed by atoms with Crippen molar-refractivity contribution in [1.29, 1.82) is 0 Å². The third kappa shape index (κ3) is 4.63. The Labute approximate surface area is 187 Å². The van der Waals surface area contributed by atoms with Crippen LogP contribution in [-0.2, 0) is 16.6 Å². The standard InChI is InChI=1S/C21H31N5O5S/c1-6-9-26-18-17(19(27)23-21(26)29)15(12-16(22-18)13(2)3)20(28)25-10-7-14(8-11-25)24(4)32(5,30)31/h12-14H,6-11H2,1-5H3,(H,23,27,29). The number of nitrogens with zero attached hydrogens (tertiary/aromatic N) is 4. The first kappa shape index (κ1) is 24.1. The number of carbonyl (C=O) groups excluding carboxylic acids is 1. The lowest BCUT2D eigenvalue weighted by molar-refractivity contribution is 0.0688. The van der Waals surface area contributed by atoms with Gasteiger partial charge in [-0.25, -0.2) is 22.5 Å². The normalized spacial score (nSPS) is 15.8. The number of hydrogen-bond acceptors (Lipinski definition) is 6. The SMILES string of the molecule is CCCn1c(=O)[nH]c(=O)c2c(C(=O)N3CCC(N(C)S(C)(=O)=O)CC3)cc(C(C)C)nc21. The molecule has 0 aliphatic carbocycles. The topological polar surface area (TPSA) is 125 Å². The molecular formula is C21H31N5O5S. The van der Waals surface area contributed by atoms with E-state index in [0.717, 1.165) is 0 Å². The summed E-state index contributed by atoms with van der Waals surface area (Å²) in [6.45, 7) is 6.90. The lowest BCUT2D eigenvalue weighted by Crippen LogP contribution is -2.47. The fourth-order valence-electron chi connectivity index (χ4n) is 4.06. The van der Waals surface area contributed by atoms with Crippen molar-refractivity contribution in [2.24, 2.45) is 0 Å². The van der Waals surface area contributed by atoms with E-state index in [2.05, 4.69) is 9.97 Å². The molecule has 1 aliphatic heterocycles. The van der Waals surface area contributed by atoms with Gasteiger partial charge in [0.2, 0.25) is 10.0 Å². The molecule has 1 fully saturated rings. The number of piperidine rings is 1. The Morgan fingerprint density at radius 3 is 2.44 bits per heavy atom. The fraction of sp³-hybridized carbons (Fsp3) is 0.619. The second-order valence-electron chi connectivity index (χ2n) is 8.66. The predicted octanol–water partition coefficient (Wildman–Crippen LogP) is 1.11. The molecule has 0 radical (unpaired) electrons. The van der Waals surface area contributed by atoms with Crippen LogP contribution in [0.3, 0.4) is 0 Å². The van der Waals surface area contributed by atoms with Crippen LogP contribution in [0.1, 0.15) is 62.0 Å². The smallest absolute Gasteiger partial charge is 0.329 e. The van der Waals surface area contributed by atoms with Crippen molar-refractivity contribution < 1.29 is 13.2 Å². The van der Waals surface area contributed by atoms with Gasteiger partial charge in [0.15, 0.2) is 5.65 Å². The van der Waals surface area contributed by atoms with Gasteiger partial charge in [-0.1, -0.05) is 20.8 Å². The van der Waals surface area contributed by atoms with Crippen LogP contribution in [0.25, 0.3) is 11.0 Å². The number of carbonyl (C=O) groups is 1. The summed E-state index contributed by atoms with van der Waals surface area (Å²) in [6, 6.07) is 1.47. The largest absolute Gasteiger partial charge is 0.339 e. The van der Waals surface area contributed by atoms with Gasteiger partial charge in [0.25, 0.3) is 11.5 Å². The number of hydrogen-bond donors (Lipinski definition) is 1.